The first-order valence-electron chi connectivity index (χ1n) is 12.3. The quantitative estimate of drug-likeness (QED) is 0.244. The minimum absolute atomic E-state index is 0.0440. The third-order valence-electron chi connectivity index (χ3n) is 6.69. The summed E-state index contributed by atoms with van der Waals surface area (Å²) in [4.78, 5) is 11.6. The molecule has 0 atom stereocenters. The summed E-state index contributed by atoms with van der Waals surface area (Å²) in [5.74, 6) is 0.720. The Kier molecular flexibility index (Phi) is 6.06. The van der Waals surface area contributed by atoms with Crippen molar-refractivity contribution in [3.05, 3.63) is 97.2 Å². The molecule has 6 rings (SSSR count). The van der Waals surface area contributed by atoms with Crippen LogP contribution in [0.2, 0.25) is 0 Å². The topological polar surface area (TPSA) is 77.3 Å². The molecule has 0 fully saturated rings. The summed E-state index contributed by atoms with van der Waals surface area (Å²) in [6, 6.07) is 28.6. The lowest BCUT2D eigenvalue weighted by Crippen LogP contribution is -2.14. The van der Waals surface area contributed by atoms with Gasteiger partial charge in [0.25, 0.3) is 10.1 Å². The fraction of sp³-hybridized carbons (Fsp3) is 0.133. The maximum absolute atomic E-state index is 13.4. The van der Waals surface area contributed by atoms with Crippen LogP contribution < -0.4 is 4.90 Å². The number of para-hydroxylation sites is 3. The van der Waals surface area contributed by atoms with E-state index in [0.717, 1.165) is 44.4 Å². The third kappa shape index (κ3) is 4.17. The van der Waals surface area contributed by atoms with Crippen molar-refractivity contribution in [2.75, 3.05) is 25.6 Å². The Balaban J connectivity index is 1.36. The standard InChI is InChI=1S/C30H26N4O3S/c1-33(2)26-16-6-12-23-22(26)11-7-17-28(23)38(35,36)37-20-19-34-27-15-4-3-14-25(27)32-30(34)24-13-5-9-21-10-8-18-31-29(21)24/h3-18H,19-20H2,1-2H3. The van der Waals surface area contributed by atoms with E-state index < -0.39 is 10.1 Å². The van der Waals surface area contributed by atoms with Gasteiger partial charge in [0.15, 0.2) is 0 Å². The van der Waals surface area contributed by atoms with Crippen molar-refractivity contribution in [2.45, 2.75) is 11.4 Å². The first kappa shape index (κ1) is 24.1. The first-order chi connectivity index (χ1) is 18.4. The van der Waals surface area contributed by atoms with Gasteiger partial charge in [-0.15, -0.1) is 0 Å². The molecular formula is C30H26N4O3S. The molecule has 7 nitrogen and oxygen atoms in total. The van der Waals surface area contributed by atoms with Gasteiger partial charge in [-0.25, -0.2) is 4.98 Å². The molecule has 0 saturated carbocycles. The maximum Gasteiger partial charge on any atom is 0.297 e. The van der Waals surface area contributed by atoms with Crippen LogP contribution in [0.4, 0.5) is 5.69 Å². The molecule has 2 heterocycles. The van der Waals surface area contributed by atoms with Crippen LogP contribution in [0.5, 0.6) is 0 Å². The fourth-order valence-corrected chi connectivity index (χ4v) is 6.08. The second kappa shape index (κ2) is 9.55. The number of pyridine rings is 1. The van der Waals surface area contributed by atoms with E-state index in [9.17, 15) is 8.42 Å². The predicted molar refractivity (Wildman–Crippen MR) is 152 cm³/mol. The van der Waals surface area contributed by atoms with Crippen molar-refractivity contribution in [3.8, 4) is 11.4 Å². The van der Waals surface area contributed by atoms with E-state index in [1.54, 1.807) is 18.3 Å². The molecule has 0 bridgehead atoms. The van der Waals surface area contributed by atoms with E-state index in [1.165, 1.54) is 0 Å². The second-order valence-corrected chi connectivity index (χ2v) is 10.8. The summed E-state index contributed by atoms with van der Waals surface area (Å²) < 4.78 is 34.4. The molecule has 4 aromatic carbocycles. The van der Waals surface area contributed by atoms with E-state index in [1.807, 2.05) is 102 Å². The minimum Gasteiger partial charge on any atom is -0.377 e. The number of aromatic nitrogens is 3. The number of imidazole rings is 1. The molecule has 0 aliphatic rings. The number of benzene rings is 4. The van der Waals surface area contributed by atoms with Gasteiger partial charge in [-0.1, -0.05) is 54.6 Å². The predicted octanol–water partition coefficient (Wildman–Crippen LogP) is 5.88. The Hall–Kier alpha value is -4.27. The highest BCUT2D eigenvalue weighted by atomic mass is 32.2. The molecule has 0 saturated heterocycles. The molecule has 0 radical (unpaired) electrons. The van der Waals surface area contributed by atoms with Crippen LogP contribution in [-0.4, -0.2) is 43.7 Å². The Morgan fingerprint density at radius 1 is 0.842 bits per heavy atom. The van der Waals surface area contributed by atoms with Gasteiger partial charge < -0.3 is 9.47 Å². The number of fused-ring (bicyclic) bond motifs is 3. The van der Waals surface area contributed by atoms with E-state index in [-0.39, 0.29) is 11.5 Å². The van der Waals surface area contributed by atoms with Crippen LogP contribution in [-0.2, 0) is 20.8 Å². The lowest BCUT2D eigenvalue weighted by Gasteiger charge is -2.17. The molecule has 2 aromatic heterocycles. The van der Waals surface area contributed by atoms with E-state index >= 15 is 0 Å². The summed E-state index contributed by atoms with van der Waals surface area (Å²) in [6.07, 6.45) is 1.76. The fourth-order valence-electron chi connectivity index (χ4n) is 4.97. The SMILES string of the molecule is CN(C)c1cccc2c(S(=O)(=O)OCCn3c(-c4cccc5cccnc45)nc4ccccc43)cccc12. The summed E-state index contributed by atoms with van der Waals surface area (Å²) in [6.45, 7) is 0.254. The van der Waals surface area contributed by atoms with Gasteiger partial charge in [-0.3, -0.25) is 9.17 Å². The average Bonchev–Trinajstić information content (AvgIpc) is 3.30. The van der Waals surface area contributed by atoms with Crippen LogP contribution in [0.3, 0.4) is 0 Å². The second-order valence-electron chi connectivity index (χ2n) is 9.26. The monoisotopic (exact) mass is 522 g/mol. The molecule has 8 heteroatoms. The molecule has 0 aliphatic heterocycles. The number of rotatable bonds is 7. The Labute approximate surface area is 221 Å². The average molecular weight is 523 g/mol. The van der Waals surface area contributed by atoms with E-state index in [0.29, 0.717) is 11.9 Å². The number of hydrogen-bond acceptors (Lipinski definition) is 6. The first-order valence-corrected chi connectivity index (χ1v) is 13.7. The molecule has 0 aliphatic carbocycles. The molecular weight excluding hydrogens is 496 g/mol. The van der Waals surface area contributed by atoms with Gasteiger partial charge in [0.1, 0.15) is 10.7 Å². The van der Waals surface area contributed by atoms with Crippen LogP contribution in [0.1, 0.15) is 0 Å². The van der Waals surface area contributed by atoms with Crippen LogP contribution in [0.15, 0.2) is 102 Å². The van der Waals surface area contributed by atoms with Crippen molar-refractivity contribution in [1.82, 2.24) is 14.5 Å². The van der Waals surface area contributed by atoms with Gasteiger partial charge in [-0.2, -0.15) is 8.42 Å². The Morgan fingerprint density at radius 3 is 2.47 bits per heavy atom. The van der Waals surface area contributed by atoms with Crippen molar-refractivity contribution in [3.63, 3.8) is 0 Å². The normalized spacial score (nSPS) is 11.9. The van der Waals surface area contributed by atoms with Crippen LogP contribution in [0, 0.1) is 0 Å². The third-order valence-corrected chi connectivity index (χ3v) is 8.06. The number of nitrogens with zero attached hydrogens (tertiary/aromatic N) is 4. The summed E-state index contributed by atoms with van der Waals surface area (Å²) >= 11 is 0. The maximum atomic E-state index is 13.4. The van der Waals surface area contributed by atoms with Crippen molar-refractivity contribution in [2.24, 2.45) is 0 Å². The smallest absolute Gasteiger partial charge is 0.297 e. The van der Waals surface area contributed by atoms with Crippen LogP contribution >= 0.6 is 0 Å². The molecule has 0 unspecified atom stereocenters. The van der Waals surface area contributed by atoms with Gasteiger partial charge in [0.2, 0.25) is 0 Å². The molecule has 190 valence electrons. The Bertz CT molecular complexity index is 1910. The highest BCUT2D eigenvalue weighted by molar-refractivity contribution is 7.87. The van der Waals surface area contributed by atoms with E-state index in [4.69, 9.17) is 9.17 Å². The summed E-state index contributed by atoms with van der Waals surface area (Å²) in [7, 11) is -0.142. The van der Waals surface area contributed by atoms with Gasteiger partial charge in [0, 0.05) is 54.2 Å². The van der Waals surface area contributed by atoms with Crippen molar-refractivity contribution in [1.29, 1.82) is 0 Å². The zero-order valence-electron chi connectivity index (χ0n) is 21.1. The molecule has 0 spiro atoms. The van der Waals surface area contributed by atoms with E-state index in [2.05, 4.69) is 4.98 Å². The lowest BCUT2D eigenvalue weighted by atomic mass is 10.1. The van der Waals surface area contributed by atoms with Gasteiger partial charge >= 0.3 is 0 Å². The highest BCUT2D eigenvalue weighted by Gasteiger charge is 2.21. The largest absolute Gasteiger partial charge is 0.377 e. The summed E-state index contributed by atoms with van der Waals surface area (Å²) in [5, 5.41) is 2.50. The van der Waals surface area contributed by atoms with Crippen LogP contribution in [0.25, 0.3) is 44.1 Å². The Morgan fingerprint density at radius 2 is 1.61 bits per heavy atom. The van der Waals surface area contributed by atoms with Gasteiger partial charge in [-0.05, 0) is 36.4 Å². The van der Waals surface area contributed by atoms with Gasteiger partial charge in [0.05, 0.1) is 23.2 Å². The zero-order valence-corrected chi connectivity index (χ0v) is 21.9. The highest BCUT2D eigenvalue weighted by Crippen LogP contribution is 2.32. The number of hydrogen-bond donors (Lipinski definition) is 0. The van der Waals surface area contributed by atoms with Crippen molar-refractivity contribution < 1.29 is 12.6 Å². The number of anilines is 1. The molecule has 38 heavy (non-hydrogen) atoms. The lowest BCUT2D eigenvalue weighted by molar-refractivity contribution is 0.303. The van der Waals surface area contributed by atoms with Crippen molar-refractivity contribution >= 4 is 48.5 Å². The molecule has 0 amide bonds. The minimum atomic E-state index is -4.01. The zero-order chi connectivity index (χ0) is 26.3. The summed E-state index contributed by atoms with van der Waals surface area (Å²) in [5.41, 5.74) is 4.39. The molecule has 0 N–H and O–H groups in total. The molecule has 6 aromatic rings.